The molecule has 0 bridgehead atoms. The maximum Gasteiger partial charge on any atom is 0.428 e. The minimum absolute atomic E-state index is 0.303. The third kappa shape index (κ3) is 6.92. The van der Waals surface area contributed by atoms with E-state index in [2.05, 4.69) is 4.84 Å². The quantitative estimate of drug-likeness (QED) is 0.315. The van der Waals surface area contributed by atoms with Crippen LogP contribution in [-0.4, -0.2) is 31.6 Å². The second-order valence-corrected chi connectivity index (χ2v) is 2.00. The van der Waals surface area contributed by atoms with Gasteiger partial charge >= 0.3 is 6.09 Å². The minimum atomic E-state index is -2.31. The van der Waals surface area contributed by atoms with Gasteiger partial charge in [0.15, 0.2) is 0 Å². The molecule has 0 saturated heterocycles. The fourth-order valence-electron chi connectivity index (χ4n) is 0.193. The first-order valence-electron chi connectivity index (χ1n) is 2.15. The zero-order chi connectivity index (χ0) is 7.98. The Labute approximate surface area is 57.9 Å². The van der Waals surface area contributed by atoms with E-state index in [0.29, 0.717) is 0 Å². The predicted octanol–water partition coefficient (Wildman–Crippen LogP) is -1.13. The first-order chi connectivity index (χ1) is 4.63. The summed E-state index contributed by atoms with van der Waals surface area (Å²) >= 11 is 0. The number of hydrogen-bond donors (Lipinski definition) is 2. The molecule has 0 unspecified atom stereocenters. The molecule has 0 atom stereocenters. The molecule has 2 N–H and O–H groups in total. The largest absolute Gasteiger partial charge is 0.464 e. The lowest BCUT2D eigenvalue weighted by Gasteiger charge is -1.94. The van der Waals surface area contributed by atoms with Crippen molar-refractivity contribution in [2.45, 2.75) is 0 Å². The number of carboxylic acid groups (broad SMARTS) is 1. The standard InChI is InChI=1S/C3H5NO5S/c5-3(6)4-9-1-2-10(7)8/h2,4H,1H2,(H,5,6). The average molecular weight is 167 g/mol. The Bertz CT molecular complexity index is 221. The monoisotopic (exact) mass is 167 g/mol. The van der Waals surface area contributed by atoms with E-state index in [-0.39, 0.29) is 6.61 Å². The molecule has 0 heterocycles. The van der Waals surface area contributed by atoms with E-state index in [4.69, 9.17) is 5.11 Å². The van der Waals surface area contributed by atoms with Gasteiger partial charge in [0.1, 0.15) is 6.61 Å². The van der Waals surface area contributed by atoms with Crippen molar-refractivity contribution in [2.75, 3.05) is 6.61 Å². The van der Waals surface area contributed by atoms with Crippen LogP contribution in [0.2, 0.25) is 0 Å². The van der Waals surface area contributed by atoms with E-state index in [0.717, 1.165) is 5.37 Å². The topological polar surface area (TPSA) is 92.7 Å². The summed E-state index contributed by atoms with van der Waals surface area (Å²) in [7, 11) is -2.31. The van der Waals surface area contributed by atoms with Gasteiger partial charge in [-0.05, 0) is 0 Å². The summed E-state index contributed by atoms with van der Waals surface area (Å²) in [5.41, 5.74) is 1.51. The van der Waals surface area contributed by atoms with E-state index >= 15 is 0 Å². The summed E-state index contributed by atoms with van der Waals surface area (Å²) in [6.45, 7) is -0.303. The highest BCUT2D eigenvalue weighted by Crippen LogP contribution is 1.62. The number of amides is 1. The SMILES string of the molecule is O=C(O)NOCC=S(=O)=O. The second kappa shape index (κ2) is 4.77. The van der Waals surface area contributed by atoms with E-state index in [1.165, 1.54) is 5.48 Å². The van der Waals surface area contributed by atoms with Crippen molar-refractivity contribution in [2.24, 2.45) is 0 Å². The van der Waals surface area contributed by atoms with Crippen LogP contribution in [0.3, 0.4) is 0 Å². The van der Waals surface area contributed by atoms with Crippen LogP contribution in [-0.2, 0) is 15.1 Å². The molecular weight excluding hydrogens is 162 g/mol. The van der Waals surface area contributed by atoms with E-state index in [1.54, 1.807) is 0 Å². The molecule has 0 aromatic rings. The van der Waals surface area contributed by atoms with Crippen molar-refractivity contribution < 1.29 is 23.2 Å². The molecule has 0 rings (SSSR count). The first-order valence-corrected chi connectivity index (χ1v) is 3.29. The average Bonchev–Trinajstić information content (AvgIpc) is 1.79. The zero-order valence-corrected chi connectivity index (χ0v) is 5.59. The summed E-state index contributed by atoms with van der Waals surface area (Å²) in [5.74, 6) is 0. The van der Waals surface area contributed by atoms with Crippen LogP contribution >= 0.6 is 0 Å². The Hall–Kier alpha value is -1.08. The van der Waals surface area contributed by atoms with Gasteiger partial charge in [0, 0.05) is 0 Å². The molecule has 10 heavy (non-hydrogen) atoms. The molecule has 6 nitrogen and oxygen atoms in total. The Morgan fingerprint density at radius 2 is 2.30 bits per heavy atom. The molecule has 0 fully saturated rings. The molecule has 7 heteroatoms. The Morgan fingerprint density at radius 1 is 1.70 bits per heavy atom. The van der Waals surface area contributed by atoms with Crippen molar-refractivity contribution >= 4 is 21.8 Å². The summed E-state index contributed by atoms with van der Waals surface area (Å²) < 4.78 is 19.5. The molecular formula is C3H5NO5S. The van der Waals surface area contributed by atoms with Crippen LogP contribution in [0.15, 0.2) is 0 Å². The van der Waals surface area contributed by atoms with Crippen LogP contribution in [0.4, 0.5) is 4.79 Å². The molecule has 0 radical (unpaired) electrons. The molecule has 0 spiro atoms. The molecule has 58 valence electrons. The van der Waals surface area contributed by atoms with Crippen LogP contribution in [0.25, 0.3) is 0 Å². The first kappa shape index (κ1) is 8.92. The Balaban J connectivity index is 3.40. The number of nitrogens with one attached hydrogen (secondary N) is 1. The predicted molar refractivity (Wildman–Crippen MR) is 32.1 cm³/mol. The fraction of sp³-hybridized carbons (Fsp3) is 0.333. The van der Waals surface area contributed by atoms with Crippen molar-refractivity contribution in [3.05, 3.63) is 0 Å². The van der Waals surface area contributed by atoms with Crippen LogP contribution in [0.1, 0.15) is 0 Å². The van der Waals surface area contributed by atoms with Gasteiger partial charge in [-0.15, -0.1) is 0 Å². The number of carbonyl (C=O) groups is 1. The van der Waals surface area contributed by atoms with Crippen LogP contribution in [0, 0.1) is 0 Å². The van der Waals surface area contributed by atoms with Gasteiger partial charge in [-0.25, -0.2) is 4.79 Å². The van der Waals surface area contributed by atoms with Gasteiger partial charge in [0.05, 0.1) is 5.37 Å². The lowest BCUT2D eigenvalue weighted by atomic mass is 10.9. The van der Waals surface area contributed by atoms with E-state index < -0.39 is 16.4 Å². The smallest absolute Gasteiger partial charge is 0.428 e. The second-order valence-electron chi connectivity index (χ2n) is 1.15. The molecule has 0 aromatic carbocycles. The highest BCUT2D eigenvalue weighted by molar-refractivity contribution is 7.71. The van der Waals surface area contributed by atoms with Gasteiger partial charge in [-0.1, -0.05) is 0 Å². The number of rotatable bonds is 3. The van der Waals surface area contributed by atoms with Crippen molar-refractivity contribution in [3.63, 3.8) is 0 Å². The van der Waals surface area contributed by atoms with Crippen molar-refractivity contribution in [1.29, 1.82) is 0 Å². The van der Waals surface area contributed by atoms with Crippen LogP contribution < -0.4 is 5.48 Å². The summed E-state index contributed by atoms with van der Waals surface area (Å²) in [5, 5.41) is 8.65. The summed E-state index contributed by atoms with van der Waals surface area (Å²) in [6.07, 6.45) is -1.37. The molecule has 0 aliphatic carbocycles. The number of hydrogen-bond acceptors (Lipinski definition) is 4. The lowest BCUT2D eigenvalue weighted by Crippen LogP contribution is -2.22. The summed E-state index contributed by atoms with van der Waals surface area (Å²) in [4.78, 5) is 13.7. The van der Waals surface area contributed by atoms with Gasteiger partial charge in [-0.2, -0.15) is 13.9 Å². The normalized spacial score (nSPS) is 8.40. The highest BCUT2D eigenvalue weighted by atomic mass is 32.2. The molecule has 0 aliphatic rings. The third-order valence-corrected chi connectivity index (χ3v) is 0.855. The number of hydroxylamine groups is 1. The highest BCUT2D eigenvalue weighted by Gasteiger charge is 1.89. The zero-order valence-electron chi connectivity index (χ0n) is 4.77. The molecule has 1 amide bonds. The third-order valence-electron chi connectivity index (χ3n) is 0.447. The van der Waals surface area contributed by atoms with Crippen molar-refractivity contribution in [3.8, 4) is 0 Å². The summed E-state index contributed by atoms with van der Waals surface area (Å²) in [6, 6.07) is 0. The van der Waals surface area contributed by atoms with Crippen LogP contribution in [0.5, 0.6) is 0 Å². The van der Waals surface area contributed by atoms with Gasteiger partial charge < -0.3 is 5.11 Å². The van der Waals surface area contributed by atoms with Crippen molar-refractivity contribution in [1.82, 2.24) is 5.48 Å². The molecule has 0 aliphatic heterocycles. The molecule has 0 aromatic heterocycles. The lowest BCUT2D eigenvalue weighted by molar-refractivity contribution is 0.0668. The van der Waals surface area contributed by atoms with E-state index in [9.17, 15) is 13.2 Å². The van der Waals surface area contributed by atoms with Gasteiger partial charge in [0.25, 0.3) is 0 Å². The maximum atomic E-state index is 9.73. The molecule has 0 saturated carbocycles. The maximum absolute atomic E-state index is 9.73. The van der Waals surface area contributed by atoms with Gasteiger partial charge in [0.2, 0.25) is 10.3 Å². The van der Waals surface area contributed by atoms with Gasteiger partial charge in [-0.3, -0.25) is 4.84 Å². The Kier molecular flexibility index (Phi) is 4.25. The Morgan fingerprint density at radius 3 is 2.70 bits per heavy atom. The van der Waals surface area contributed by atoms with E-state index in [1.807, 2.05) is 0 Å². The fourth-order valence-corrected chi connectivity index (χ4v) is 0.372. The minimum Gasteiger partial charge on any atom is -0.464 e.